The van der Waals surface area contributed by atoms with Gasteiger partial charge in [-0.2, -0.15) is 5.10 Å². The molecule has 0 atom stereocenters. The molecule has 0 fully saturated rings. The highest BCUT2D eigenvalue weighted by Crippen LogP contribution is 2.26. The largest absolute Gasteiger partial charge is 0.379 e. The molecule has 0 spiro atoms. The fraction of sp³-hybridized carbons (Fsp3) is 0.368. The fourth-order valence-electron chi connectivity index (χ4n) is 3.45. The fourth-order valence-corrected chi connectivity index (χ4v) is 3.45. The molecule has 0 amide bonds. The molecule has 0 aliphatic heterocycles. The summed E-state index contributed by atoms with van der Waals surface area (Å²) in [5, 5.41) is 8.19. The number of aromatic nitrogens is 4. The number of hydrogen-bond acceptors (Lipinski definition) is 3. The highest BCUT2D eigenvalue weighted by atomic mass is 15.3. The zero-order valence-corrected chi connectivity index (χ0v) is 14.5. The van der Waals surface area contributed by atoms with Gasteiger partial charge in [0, 0.05) is 24.0 Å². The maximum atomic E-state index is 4.64. The average molecular weight is 321 g/mol. The lowest BCUT2D eigenvalue weighted by molar-refractivity contribution is 0.688. The van der Waals surface area contributed by atoms with Gasteiger partial charge in [-0.3, -0.25) is 4.68 Å². The lowest BCUT2D eigenvalue weighted by Crippen LogP contribution is -2.07. The molecule has 5 nitrogen and oxygen atoms in total. The summed E-state index contributed by atoms with van der Waals surface area (Å²) < 4.78 is 2.03. The number of H-pyrrole nitrogens is 1. The van der Waals surface area contributed by atoms with Crippen LogP contribution in [0.1, 0.15) is 34.8 Å². The maximum absolute atomic E-state index is 4.64. The summed E-state index contributed by atoms with van der Waals surface area (Å²) in [5.41, 5.74) is 8.40. The van der Waals surface area contributed by atoms with Crippen molar-refractivity contribution in [3.05, 3.63) is 52.6 Å². The lowest BCUT2D eigenvalue weighted by atomic mass is 10.1. The second-order valence-electron chi connectivity index (χ2n) is 6.58. The van der Waals surface area contributed by atoms with E-state index in [0.717, 1.165) is 47.8 Å². The smallest absolute Gasteiger partial charge is 0.137 e. The molecular formula is C19H23N5. The van der Waals surface area contributed by atoms with E-state index in [0.29, 0.717) is 0 Å². The number of hydrogen-bond donors (Lipinski definition) is 2. The van der Waals surface area contributed by atoms with Crippen molar-refractivity contribution in [1.29, 1.82) is 0 Å². The van der Waals surface area contributed by atoms with Crippen molar-refractivity contribution in [2.75, 3.05) is 5.32 Å². The summed E-state index contributed by atoms with van der Waals surface area (Å²) in [5.74, 6) is 0.926. The van der Waals surface area contributed by atoms with Crippen molar-refractivity contribution in [2.24, 2.45) is 7.05 Å². The Morgan fingerprint density at radius 3 is 2.92 bits per heavy atom. The molecule has 1 aliphatic rings. The molecule has 2 heterocycles. The average Bonchev–Trinajstić information content (AvgIpc) is 3.22. The summed E-state index contributed by atoms with van der Waals surface area (Å²) in [6, 6.07) is 8.40. The molecule has 5 heteroatoms. The predicted molar refractivity (Wildman–Crippen MR) is 96.1 cm³/mol. The maximum Gasteiger partial charge on any atom is 0.137 e. The third-order valence-electron chi connectivity index (χ3n) is 4.92. The minimum atomic E-state index is 0.804. The van der Waals surface area contributed by atoms with E-state index in [1.54, 1.807) is 0 Å². The number of imidazole rings is 1. The van der Waals surface area contributed by atoms with Gasteiger partial charge in [-0.05, 0) is 50.8 Å². The number of nitrogens with one attached hydrogen (secondary N) is 2. The minimum absolute atomic E-state index is 0.804. The molecule has 0 saturated carbocycles. The standard InChI is InChI=1S/C19H23N5/c1-12-13(2)22-19(21-12)14-6-4-7-15(10-14)20-11-18-16-8-5-9-17(16)23-24(18)3/h4,6-7,10,20H,5,8-9,11H2,1-3H3,(H,21,22). The van der Waals surface area contributed by atoms with Crippen molar-refractivity contribution < 1.29 is 0 Å². The van der Waals surface area contributed by atoms with E-state index in [2.05, 4.69) is 51.6 Å². The number of aryl methyl sites for hydroxylation is 4. The Labute approximate surface area is 142 Å². The molecule has 0 unspecified atom stereocenters. The van der Waals surface area contributed by atoms with Gasteiger partial charge in [-0.15, -0.1) is 0 Å². The highest BCUT2D eigenvalue weighted by Gasteiger charge is 2.20. The number of fused-ring (bicyclic) bond motifs is 1. The summed E-state index contributed by atoms with van der Waals surface area (Å²) in [6.45, 7) is 4.88. The molecule has 124 valence electrons. The Morgan fingerprint density at radius 1 is 1.25 bits per heavy atom. The SMILES string of the molecule is Cc1nc(-c2cccc(NCc3c4c(nn3C)CCC4)c2)[nH]c1C. The van der Waals surface area contributed by atoms with Gasteiger partial charge in [0.1, 0.15) is 5.82 Å². The summed E-state index contributed by atoms with van der Waals surface area (Å²) in [6.07, 6.45) is 3.51. The van der Waals surface area contributed by atoms with Gasteiger partial charge in [-0.1, -0.05) is 12.1 Å². The van der Waals surface area contributed by atoms with Crippen LogP contribution in [0.5, 0.6) is 0 Å². The zero-order chi connectivity index (χ0) is 16.7. The van der Waals surface area contributed by atoms with Crippen LogP contribution >= 0.6 is 0 Å². The number of nitrogens with zero attached hydrogens (tertiary/aromatic N) is 3. The molecule has 0 bridgehead atoms. The molecule has 1 aromatic carbocycles. The molecule has 4 rings (SSSR count). The van der Waals surface area contributed by atoms with Crippen molar-refractivity contribution in [2.45, 2.75) is 39.7 Å². The van der Waals surface area contributed by atoms with E-state index in [9.17, 15) is 0 Å². The molecule has 2 aromatic heterocycles. The number of benzene rings is 1. The van der Waals surface area contributed by atoms with Crippen LogP contribution in [0.25, 0.3) is 11.4 Å². The first kappa shape index (κ1) is 15.0. The molecular weight excluding hydrogens is 298 g/mol. The van der Waals surface area contributed by atoms with Gasteiger partial charge in [0.15, 0.2) is 0 Å². The summed E-state index contributed by atoms with van der Waals surface area (Å²) >= 11 is 0. The normalized spacial score (nSPS) is 13.3. The van der Waals surface area contributed by atoms with Gasteiger partial charge in [0.05, 0.1) is 23.6 Å². The summed E-state index contributed by atoms with van der Waals surface area (Å²) in [4.78, 5) is 7.94. The Balaban J connectivity index is 1.55. The van der Waals surface area contributed by atoms with Crippen LogP contribution in [0.2, 0.25) is 0 Å². The topological polar surface area (TPSA) is 58.5 Å². The Bertz CT molecular complexity index is 868. The zero-order valence-electron chi connectivity index (χ0n) is 14.5. The van der Waals surface area contributed by atoms with Crippen molar-refractivity contribution >= 4 is 5.69 Å². The lowest BCUT2D eigenvalue weighted by Gasteiger charge is -2.09. The van der Waals surface area contributed by atoms with Crippen LogP contribution in [0.3, 0.4) is 0 Å². The first-order chi connectivity index (χ1) is 11.6. The van der Waals surface area contributed by atoms with E-state index in [1.807, 2.05) is 18.7 Å². The van der Waals surface area contributed by atoms with Crippen LogP contribution in [-0.4, -0.2) is 19.7 Å². The molecule has 3 aromatic rings. The number of anilines is 1. The Kier molecular flexibility index (Phi) is 3.63. The minimum Gasteiger partial charge on any atom is -0.379 e. The molecule has 24 heavy (non-hydrogen) atoms. The van der Waals surface area contributed by atoms with Gasteiger partial charge in [0.2, 0.25) is 0 Å². The van der Waals surface area contributed by atoms with E-state index >= 15 is 0 Å². The second kappa shape index (κ2) is 5.82. The van der Waals surface area contributed by atoms with E-state index in [4.69, 9.17) is 0 Å². The Hall–Kier alpha value is -2.56. The quantitative estimate of drug-likeness (QED) is 0.773. The van der Waals surface area contributed by atoms with Crippen LogP contribution in [0.4, 0.5) is 5.69 Å². The van der Waals surface area contributed by atoms with Gasteiger partial charge < -0.3 is 10.3 Å². The van der Waals surface area contributed by atoms with Crippen LogP contribution in [0.15, 0.2) is 24.3 Å². The van der Waals surface area contributed by atoms with Crippen molar-refractivity contribution in [3.63, 3.8) is 0 Å². The van der Waals surface area contributed by atoms with Crippen LogP contribution < -0.4 is 5.32 Å². The third-order valence-corrected chi connectivity index (χ3v) is 4.92. The van der Waals surface area contributed by atoms with Gasteiger partial charge >= 0.3 is 0 Å². The number of rotatable bonds is 4. The van der Waals surface area contributed by atoms with Crippen LogP contribution in [0, 0.1) is 13.8 Å². The first-order valence-electron chi connectivity index (χ1n) is 8.53. The van der Waals surface area contributed by atoms with E-state index < -0.39 is 0 Å². The molecule has 2 N–H and O–H groups in total. The van der Waals surface area contributed by atoms with Gasteiger partial charge in [0.25, 0.3) is 0 Å². The monoisotopic (exact) mass is 321 g/mol. The Morgan fingerprint density at radius 2 is 2.12 bits per heavy atom. The van der Waals surface area contributed by atoms with Crippen LogP contribution in [-0.2, 0) is 26.4 Å². The first-order valence-corrected chi connectivity index (χ1v) is 8.53. The molecule has 1 aliphatic carbocycles. The predicted octanol–water partition coefficient (Wildman–Crippen LogP) is 3.53. The third kappa shape index (κ3) is 2.60. The van der Waals surface area contributed by atoms with Gasteiger partial charge in [-0.25, -0.2) is 4.98 Å². The highest BCUT2D eigenvalue weighted by molar-refractivity contribution is 5.63. The number of aromatic amines is 1. The van der Waals surface area contributed by atoms with E-state index in [1.165, 1.54) is 23.4 Å². The molecule has 0 radical (unpaired) electrons. The van der Waals surface area contributed by atoms with Crippen molar-refractivity contribution in [3.8, 4) is 11.4 Å². The van der Waals surface area contributed by atoms with Crippen molar-refractivity contribution in [1.82, 2.24) is 19.7 Å². The molecule has 0 saturated heterocycles. The van der Waals surface area contributed by atoms with E-state index in [-0.39, 0.29) is 0 Å². The summed E-state index contributed by atoms with van der Waals surface area (Å²) in [7, 11) is 2.04. The second-order valence-corrected chi connectivity index (χ2v) is 6.58.